The van der Waals surface area contributed by atoms with Crippen LogP contribution in [0.3, 0.4) is 0 Å². The zero-order valence-corrected chi connectivity index (χ0v) is 13.4. The van der Waals surface area contributed by atoms with Gasteiger partial charge in [0.1, 0.15) is 0 Å². The van der Waals surface area contributed by atoms with Crippen LogP contribution >= 0.6 is 11.6 Å². The Morgan fingerprint density at radius 1 is 0.917 bits per heavy atom. The highest BCUT2D eigenvalue weighted by Gasteiger charge is 2.13. The minimum atomic E-state index is 0.635. The lowest BCUT2D eigenvalue weighted by Gasteiger charge is -2.06. The lowest BCUT2D eigenvalue weighted by molar-refractivity contribution is 0.965. The summed E-state index contributed by atoms with van der Waals surface area (Å²) in [5.74, 6) is 0. The standard InChI is InChI=1S/C20H12ClN3/c21-17-8-6-14(7-9-17)18-12-19-20(15-4-2-1-3-5-15)16(13-22)10-11-24(19)23-18/h1-12H. The van der Waals surface area contributed by atoms with E-state index in [9.17, 15) is 5.26 Å². The Hall–Kier alpha value is -3.09. The zero-order valence-electron chi connectivity index (χ0n) is 12.6. The first-order chi connectivity index (χ1) is 11.8. The number of halogens is 1. The molecule has 0 aliphatic rings. The molecule has 0 aliphatic heterocycles. The van der Waals surface area contributed by atoms with Gasteiger partial charge in [-0.05, 0) is 29.8 Å². The van der Waals surface area contributed by atoms with Crippen molar-refractivity contribution in [2.24, 2.45) is 0 Å². The zero-order chi connectivity index (χ0) is 16.5. The van der Waals surface area contributed by atoms with Gasteiger partial charge in [-0.3, -0.25) is 0 Å². The summed E-state index contributed by atoms with van der Waals surface area (Å²) in [5.41, 5.74) is 5.27. The third-order valence-corrected chi connectivity index (χ3v) is 4.22. The number of rotatable bonds is 2. The molecule has 0 saturated carbocycles. The molecule has 4 rings (SSSR count). The normalized spacial score (nSPS) is 10.7. The van der Waals surface area contributed by atoms with Crippen LogP contribution in [0, 0.1) is 11.3 Å². The van der Waals surface area contributed by atoms with Crippen LogP contribution in [-0.2, 0) is 0 Å². The van der Waals surface area contributed by atoms with Gasteiger partial charge >= 0.3 is 0 Å². The average molecular weight is 330 g/mol. The van der Waals surface area contributed by atoms with Crippen molar-refractivity contribution in [1.82, 2.24) is 9.61 Å². The highest BCUT2D eigenvalue weighted by molar-refractivity contribution is 6.30. The number of hydrogen-bond acceptors (Lipinski definition) is 2. The summed E-state index contributed by atoms with van der Waals surface area (Å²) in [6.07, 6.45) is 1.82. The second kappa shape index (κ2) is 5.84. The Morgan fingerprint density at radius 3 is 2.38 bits per heavy atom. The van der Waals surface area contributed by atoms with Gasteiger partial charge in [-0.1, -0.05) is 54.1 Å². The van der Waals surface area contributed by atoms with Gasteiger partial charge in [0.25, 0.3) is 0 Å². The Balaban J connectivity index is 1.97. The van der Waals surface area contributed by atoms with E-state index < -0.39 is 0 Å². The van der Waals surface area contributed by atoms with E-state index in [0.717, 1.165) is 27.9 Å². The molecule has 0 saturated heterocycles. The SMILES string of the molecule is N#Cc1ccn2nc(-c3ccc(Cl)cc3)cc2c1-c1ccccc1. The van der Waals surface area contributed by atoms with Crippen LogP contribution < -0.4 is 0 Å². The van der Waals surface area contributed by atoms with Gasteiger partial charge in [-0.2, -0.15) is 10.4 Å². The van der Waals surface area contributed by atoms with Gasteiger partial charge in [0.2, 0.25) is 0 Å². The largest absolute Gasteiger partial charge is 0.240 e. The Morgan fingerprint density at radius 2 is 1.67 bits per heavy atom. The van der Waals surface area contributed by atoms with E-state index in [2.05, 4.69) is 11.2 Å². The van der Waals surface area contributed by atoms with E-state index in [0.29, 0.717) is 10.6 Å². The summed E-state index contributed by atoms with van der Waals surface area (Å²) in [4.78, 5) is 0. The minimum Gasteiger partial charge on any atom is -0.240 e. The molecular formula is C20H12ClN3. The molecule has 4 heteroatoms. The fourth-order valence-electron chi connectivity index (χ4n) is 2.82. The maximum absolute atomic E-state index is 9.50. The fourth-order valence-corrected chi connectivity index (χ4v) is 2.95. The highest BCUT2D eigenvalue weighted by Crippen LogP contribution is 2.31. The molecule has 0 N–H and O–H groups in total. The van der Waals surface area contributed by atoms with Crippen LogP contribution in [0.15, 0.2) is 72.9 Å². The monoisotopic (exact) mass is 329 g/mol. The number of benzene rings is 2. The summed E-state index contributed by atoms with van der Waals surface area (Å²) in [5, 5.41) is 14.8. The molecule has 24 heavy (non-hydrogen) atoms. The van der Waals surface area contributed by atoms with Crippen molar-refractivity contribution in [2.45, 2.75) is 0 Å². The summed E-state index contributed by atoms with van der Waals surface area (Å²) < 4.78 is 1.81. The van der Waals surface area contributed by atoms with Crippen LogP contribution in [-0.4, -0.2) is 9.61 Å². The maximum atomic E-state index is 9.50. The summed E-state index contributed by atoms with van der Waals surface area (Å²) >= 11 is 5.96. The molecule has 0 spiro atoms. The molecule has 2 aromatic heterocycles. The Bertz CT molecular complexity index is 1060. The predicted octanol–water partition coefficient (Wildman–Crippen LogP) is 5.19. The molecule has 0 amide bonds. The van der Waals surface area contributed by atoms with Gasteiger partial charge in [0.05, 0.1) is 22.8 Å². The van der Waals surface area contributed by atoms with Crippen LogP contribution in [0.1, 0.15) is 5.56 Å². The van der Waals surface area contributed by atoms with Crippen molar-refractivity contribution in [3.8, 4) is 28.5 Å². The molecule has 0 unspecified atom stereocenters. The lowest BCUT2D eigenvalue weighted by Crippen LogP contribution is -1.93. The van der Waals surface area contributed by atoms with Gasteiger partial charge in [-0.15, -0.1) is 0 Å². The van der Waals surface area contributed by atoms with E-state index in [-0.39, 0.29) is 0 Å². The van der Waals surface area contributed by atoms with Crippen molar-refractivity contribution >= 4 is 17.1 Å². The van der Waals surface area contributed by atoms with Crippen molar-refractivity contribution in [3.63, 3.8) is 0 Å². The first-order valence-corrected chi connectivity index (χ1v) is 7.88. The van der Waals surface area contributed by atoms with Gasteiger partial charge < -0.3 is 0 Å². The fraction of sp³-hybridized carbons (Fsp3) is 0. The number of nitriles is 1. The smallest absolute Gasteiger partial charge is 0.0999 e. The summed E-state index contributed by atoms with van der Waals surface area (Å²) in [7, 11) is 0. The first-order valence-electron chi connectivity index (χ1n) is 7.50. The molecule has 3 nitrogen and oxygen atoms in total. The van der Waals surface area contributed by atoms with E-state index in [1.54, 1.807) is 6.07 Å². The minimum absolute atomic E-state index is 0.635. The van der Waals surface area contributed by atoms with Gasteiger partial charge in [0.15, 0.2) is 0 Å². The van der Waals surface area contributed by atoms with Crippen molar-refractivity contribution in [2.75, 3.05) is 0 Å². The van der Waals surface area contributed by atoms with Gasteiger partial charge in [0, 0.05) is 22.3 Å². The third-order valence-electron chi connectivity index (χ3n) is 3.97. The summed E-state index contributed by atoms with van der Waals surface area (Å²) in [6, 6.07) is 23.6. The van der Waals surface area contributed by atoms with Crippen molar-refractivity contribution in [1.29, 1.82) is 5.26 Å². The molecule has 0 atom stereocenters. The van der Waals surface area contributed by atoms with Crippen LogP contribution in [0.4, 0.5) is 0 Å². The predicted molar refractivity (Wildman–Crippen MR) is 95.8 cm³/mol. The second-order valence-electron chi connectivity index (χ2n) is 5.45. The third kappa shape index (κ3) is 2.44. The van der Waals surface area contributed by atoms with E-state index in [1.807, 2.05) is 71.4 Å². The van der Waals surface area contributed by atoms with Crippen molar-refractivity contribution in [3.05, 3.63) is 83.5 Å². The second-order valence-corrected chi connectivity index (χ2v) is 5.88. The molecular weight excluding hydrogens is 318 g/mol. The van der Waals surface area contributed by atoms with Gasteiger partial charge in [-0.25, -0.2) is 4.52 Å². The topological polar surface area (TPSA) is 41.1 Å². The van der Waals surface area contributed by atoms with Crippen LogP contribution in [0.2, 0.25) is 5.02 Å². The number of pyridine rings is 1. The molecule has 114 valence electrons. The summed E-state index contributed by atoms with van der Waals surface area (Å²) in [6.45, 7) is 0. The van der Waals surface area contributed by atoms with Crippen molar-refractivity contribution < 1.29 is 0 Å². The Kier molecular flexibility index (Phi) is 3.53. The highest BCUT2D eigenvalue weighted by atomic mass is 35.5. The van der Waals surface area contributed by atoms with Crippen LogP contribution in [0.25, 0.3) is 27.9 Å². The lowest BCUT2D eigenvalue weighted by atomic mass is 10.00. The molecule has 2 heterocycles. The quantitative estimate of drug-likeness (QED) is 0.507. The van der Waals surface area contributed by atoms with E-state index >= 15 is 0 Å². The first kappa shape index (κ1) is 14.5. The number of aromatic nitrogens is 2. The van der Waals surface area contributed by atoms with E-state index in [1.165, 1.54) is 0 Å². The molecule has 0 aliphatic carbocycles. The molecule has 0 radical (unpaired) electrons. The number of nitrogens with zero attached hydrogens (tertiary/aromatic N) is 3. The maximum Gasteiger partial charge on any atom is 0.0999 e. The van der Waals surface area contributed by atoms with E-state index in [4.69, 9.17) is 11.6 Å². The molecule has 0 fully saturated rings. The van der Waals surface area contributed by atoms with Crippen LogP contribution in [0.5, 0.6) is 0 Å². The number of fused-ring (bicyclic) bond motifs is 1. The number of hydrogen-bond donors (Lipinski definition) is 0. The average Bonchev–Trinajstić information content (AvgIpc) is 3.06. The molecule has 4 aromatic rings. The molecule has 2 aromatic carbocycles. The Labute approximate surface area is 144 Å². The molecule has 0 bridgehead atoms.